The summed E-state index contributed by atoms with van der Waals surface area (Å²) in [4.78, 5) is 7.12. The van der Waals surface area contributed by atoms with Gasteiger partial charge in [-0.3, -0.25) is 4.90 Å². The molecule has 0 amide bonds. The third kappa shape index (κ3) is 3.84. The van der Waals surface area contributed by atoms with Gasteiger partial charge in [-0.05, 0) is 60.0 Å². The molecule has 4 aromatic rings. The first-order valence-corrected chi connectivity index (χ1v) is 11.1. The van der Waals surface area contributed by atoms with E-state index in [4.69, 9.17) is 14.5 Å². The lowest BCUT2D eigenvalue weighted by Crippen LogP contribution is -2.30. The summed E-state index contributed by atoms with van der Waals surface area (Å²) in [5, 5.41) is 11.5. The molecule has 0 bridgehead atoms. The van der Waals surface area contributed by atoms with Gasteiger partial charge in [0.25, 0.3) is 0 Å². The molecule has 31 heavy (non-hydrogen) atoms. The summed E-state index contributed by atoms with van der Waals surface area (Å²) in [5.74, 6) is 1.85. The van der Waals surface area contributed by atoms with Gasteiger partial charge in [0.15, 0.2) is 11.5 Å². The molecule has 0 fully saturated rings. The van der Waals surface area contributed by atoms with Crippen molar-refractivity contribution < 1.29 is 14.6 Å². The highest BCUT2D eigenvalue weighted by Crippen LogP contribution is 2.35. The Morgan fingerprint density at radius 1 is 1.00 bits per heavy atom. The van der Waals surface area contributed by atoms with Crippen molar-refractivity contribution in [2.75, 3.05) is 20.8 Å². The van der Waals surface area contributed by atoms with Crippen molar-refractivity contribution in [3.8, 4) is 27.8 Å². The molecule has 6 heteroatoms. The molecule has 5 nitrogen and oxygen atoms in total. The number of hydrogen-bond donors (Lipinski definition) is 1. The van der Waals surface area contributed by atoms with Gasteiger partial charge in [0.05, 0.1) is 24.4 Å². The predicted octanol–water partition coefficient (Wildman–Crippen LogP) is 5.24. The summed E-state index contributed by atoms with van der Waals surface area (Å²) in [6.45, 7) is 2.41. The third-order valence-corrected chi connectivity index (χ3v) is 6.90. The summed E-state index contributed by atoms with van der Waals surface area (Å²) in [5.41, 5.74) is 5.50. The van der Waals surface area contributed by atoms with Gasteiger partial charge in [-0.15, -0.1) is 11.3 Å². The second kappa shape index (κ2) is 8.21. The highest BCUT2D eigenvalue weighted by atomic mass is 32.1. The predicted molar refractivity (Wildman–Crippen MR) is 124 cm³/mol. The van der Waals surface area contributed by atoms with Crippen LogP contribution >= 0.6 is 11.3 Å². The smallest absolute Gasteiger partial charge is 0.161 e. The van der Waals surface area contributed by atoms with E-state index < -0.39 is 0 Å². The second-order valence-corrected chi connectivity index (χ2v) is 8.80. The van der Waals surface area contributed by atoms with Crippen LogP contribution in [0.3, 0.4) is 0 Å². The van der Waals surface area contributed by atoms with Crippen LogP contribution in [0.4, 0.5) is 0 Å². The molecule has 1 N–H and O–H groups in total. The summed E-state index contributed by atoms with van der Waals surface area (Å²) in [7, 11) is 3.33. The number of phenols is 1. The van der Waals surface area contributed by atoms with E-state index in [-0.39, 0.29) is 0 Å². The van der Waals surface area contributed by atoms with Crippen molar-refractivity contribution in [2.24, 2.45) is 0 Å². The number of thiazole rings is 1. The lowest BCUT2D eigenvalue weighted by atomic mass is 9.98. The van der Waals surface area contributed by atoms with Gasteiger partial charge in [-0.25, -0.2) is 4.98 Å². The maximum Gasteiger partial charge on any atom is 0.161 e. The minimum atomic E-state index is 0.322. The fraction of sp³-hybridized carbons (Fsp3) is 0.240. The van der Waals surface area contributed by atoms with Crippen LogP contribution in [0.1, 0.15) is 16.7 Å². The molecule has 5 rings (SSSR count). The first kappa shape index (κ1) is 19.8. The Labute approximate surface area is 185 Å². The summed E-state index contributed by atoms with van der Waals surface area (Å²) in [6.07, 6.45) is 0.939. The Hall–Kier alpha value is -3.09. The van der Waals surface area contributed by atoms with E-state index in [9.17, 15) is 5.11 Å². The number of methoxy groups -OCH3 is 2. The van der Waals surface area contributed by atoms with Gasteiger partial charge < -0.3 is 14.6 Å². The van der Waals surface area contributed by atoms with Crippen LogP contribution in [0.25, 0.3) is 20.8 Å². The van der Waals surface area contributed by atoms with Crippen molar-refractivity contribution in [1.82, 2.24) is 9.88 Å². The van der Waals surface area contributed by atoms with Crippen molar-refractivity contribution >= 4 is 21.6 Å². The number of hydrogen-bond acceptors (Lipinski definition) is 6. The van der Waals surface area contributed by atoms with E-state index in [1.54, 1.807) is 31.6 Å². The zero-order valence-corrected chi connectivity index (χ0v) is 18.4. The molecule has 0 saturated heterocycles. The SMILES string of the molecule is COc1cc2c(cc1OC)CN(Cc1cc(-c3nc4ccccc4s3)ccc1O)CC2. The molecule has 1 aliphatic heterocycles. The maximum atomic E-state index is 10.5. The highest BCUT2D eigenvalue weighted by molar-refractivity contribution is 7.21. The molecule has 1 aliphatic rings. The van der Waals surface area contributed by atoms with Gasteiger partial charge >= 0.3 is 0 Å². The number of phenolic OH excluding ortho intramolecular Hbond substituents is 1. The quantitative estimate of drug-likeness (QED) is 0.467. The minimum Gasteiger partial charge on any atom is -0.508 e. The normalized spacial score (nSPS) is 13.9. The molecular weight excluding hydrogens is 408 g/mol. The average Bonchev–Trinajstić information content (AvgIpc) is 3.24. The monoisotopic (exact) mass is 432 g/mol. The molecule has 2 heterocycles. The summed E-state index contributed by atoms with van der Waals surface area (Å²) < 4.78 is 12.1. The summed E-state index contributed by atoms with van der Waals surface area (Å²) >= 11 is 1.68. The Morgan fingerprint density at radius 3 is 2.55 bits per heavy atom. The third-order valence-electron chi connectivity index (χ3n) is 5.81. The van der Waals surface area contributed by atoms with Gasteiger partial charge in [0.2, 0.25) is 0 Å². The number of nitrogens with zero attached hydrogens (tertiary/aromatic N) is 2. The lowest BCUT2D eigenvalue weighted by molar-refractivity contribution is 0.241. The fourth-order valence-electron chi connectivity index (χ4n) is 4.16. The second-order valence-electron chi connectivity index (χ2n) is 7.77. The number of aromatic hydroxyl groups is 1. The van der Waals surface area contributed by atoms with Crippen molar-refractivity contribution in [2.45, 2.75) is 19.5 Å². The number of rotatable bonds is 5. The topological polar surface area (TPSA) is 54.8 Å². The van der Waals surface area contributed by atoms with Crippen LogP contribution in [-0.4, -0.2) is 35.8 Å². The van der Waals surface area contributed by atoms with Crippen molar-refractivity contribution in [3.05, 3.63) is 71.3 Å². The largest absolute Gasteiger partial charge is 0.508 e. The lowest BCUT2D eigenvalue weighted by Gasteiger charge is -2.29. The highest BCUT2D eigenvalue weighted by Gasteiger charge is 2.21. The Balaban J connectivity index is 1.40. The van der Waals surface area contributed by atoms with E-state index in [1.165, 1.54) is 15.8 Å². The van der Waals surface area contributed by atoms with Crippen LogP contribution < -0.4 is 9.47 Å². The molecule has 0 spiro atoms. The first-order valence-electron chi connectivity index (χ1n) is 10.3. The number of para-hydroxylation sites is 1. The van der Waals surface area contributed by atoms with E-state index in [0.29, 0.717) is 12.3 Å². The van der Waals surface area contributed by atoms with Crippen LogP contribution in [-0.2, 0) is 19.5 Å². The molecule has 1 aromatic heterocycles. The van der Waals surface area contributed by atoms with Crippen molar-refractivity contribution in [1.29, 1.82) is 0 Å². The van der Waals surface area contributed by atoms with Gasteiger partial charge in [0.1, 0.15) is 10.8 Å². The Morgan fingerprint density at radius 2 is 1.77 bits per heavy atom. The minimum absolute atomic E-state index is 0.322. The van der Waals surface area contributed by atoms with Gasteiger partial charge in [-0.2, -0.15) is 0 Å². The molecule has 0 unspecified atom stereocenters. The zero-order chi connectivity index (χ0) is 21.4. The van der Waals surface area contributed by atoms with Crippen LogP contribution in [0.5, 0.6) is 17.2 Å². The van der Waals surface area contributed by atoms with Gasteiger partial charge in [-0.1, -0.05) is 12.1 Å². The van der Waals surface area contributed by atoms with Gasteiger partial charge in [0, 0.05) is 30.8 Å². The zero-order valence-electron chi connectivity index (χ0n) is 17.6. The number of ether oxygens (including phenoxy) is 2. The number of fused-ring (bicyclic) bond motifs is 2. The molecule has 0 aliphatic carbocycles. The van der Waals surface area contributed by atoms with E-state index in [0.717, 1.165) is 52.7 Å². The standard InChI is InChI=1S/C25H24N2O3S/c1-29-22-12-16-9-10-27(14-18(16)13-23(22)30-2)15-19-11-17(7-8-21(19)28)25-26-20-5-3-4-6-24(20)31-25/h3-8,11-13,28H,9-10,14-15H2,1-2H3. The maximum absolute atomic E-state index is 10.5. The van der Waals surface area contributed by atoms with Crippen LogP contribution in [0, 0.1) is 0 Å². The molecule has 0 saturated carbocycles. The van der Waals surface area contributed by atoms with E-state index >= 15 is 0 Å². The first-order chi connectivity index (χ1) is 15.1. The molecule has 0 atom stereocenters. The molecular formula is C25H24N2O3S. The molecule has 158 valence electrons. The molecule has 0 radical (unpaired) electrons. The Kier molecular flexibility index (Phi) is 5.26. The van der Waals surface area contributed by atoms with E-state index in [1.807, 2.05) is 24.3 Å². The molecule has 3 aromatic carbocycles. The van der Waals surface area contributed by atoms with Crippen LogP contribution in [0.2, 0.25) is 0 Å². The van der Waals surface area contributed by atoms with E-state index in [2.05, 4.69) is 29.2 Å². The summed E-state index contributed by atoms with van der Waals surface area (Å²) in [6, 6.07) is 18.1. The number of benzene rings is 3. The number of aromatic nitrogens is 1. The fourth-order valence-corrected chi connectivity index (χ4v) is 5.12. The Bertz CT molecular complexity index is 1220. The van der Waals surface area contributed by atoms with Crippen LogP contribution in [0.15, 0.2) is 54.6 Å². The van der Waals surface area contributed by atoms with Crippen molar-refractivity contribution in [3.63, 3.8) is 0 Å². The average molecular weight is 433 g/mol.